The molecule has 0 saturated carbocycles. The Bertz CT molecular complexity index is 136. The first kappa shape index (κ1) is 6.07. The average Bonchev–Trinajstić information content (AvgIpc) is 2.37. The van der Waals surface area contributed by atoms with Crippen LogP contribution in [-0.4, -0.2) is 32.0 Å². The van der Waals surface area contributed by atoms with Gasteiger partial charge in [-0.2, -0.15) is 0 Å². The van der Waals surface area contributed by atoms with E-state index in [-0.39, 0.29) is 12.0 Å². The summed E-state index contributed by atoms with van der Waals surface area (Å²) >= 11 is 0. The Morgan fingerprint density at radius 2 is 2.78 bits per heavy atom. The Balaban J connectivity index is 2.36. The summed E-state index contributed by atoms with van der Waals surface area (Å²) in [4.78, 5) is 14.4. The highest BCUT2D eigenvalue weighted by Crippen LogP contribution is 1.91. The van der Waals surface area contributed by atoms with Gasteiger partial charge in [0, 0.05) is 0 Å². The van der Waals surface area contributed by atoms with Gasteiger partial charge in [0.2, 0.25) is 0 Å². The van der Waals surface area contributed by atoms with Crippen LogP contribution in [0.15, 0.2) is 4.99 Å². The van der Waals surface area contributed by atoms with Crippen LogP contribution in [0.3, 0.4) is 0 Å². The number of methoxy groups -OCH3 is 1. The molecule has 50 valence electrons. The molecule has 1 heterocycles. The molecule has 0 unspecified atom stereocenters. The summed E-state index contributed by atoms with van der Waals surface area (Å²) in [5, 5.41) is 2.74. The first-order valence-electron chi connectivity index (χ1n) is 2.67. The zero-order chi connectivity index (χ0) is 6.69. The number of esters is 1. The van der Waals surface area contributed by atoms with Crippen LogP contribution < -0.4 is 5.32 Å². The second-order valence-corrected chi connectivity index (χ2v) is 1.74. The summed E-state index contributed by atoms with van der Waals surface area (Å²) in [6, 6.07) is -0.255. The van der Waals surface area contributed by atoms with Gasteiger partial charge in [0.25, 0.3) is 0 Å². The fraction of sp³-hybridized carbons (Fsp3) is 0.600. The summed E-state index contributed by atoms with van der Waals surface area (Å²) in [6.07, 6.45) is 1.52. The summed E-state index contributed by atoms with van der Waals surface area (Å²) in [5.74, 6) is -0.257. The quantitative estimate of drug-likeness (QED) is 0.468. The van der Waals surface area contributed by atoms with E-state index in [0.29, 0.717) is 6.54 Å². The molecular weight excluding hydrogens is 120 g/mol. The van der Waals surface area contributed by atoms with E-state index in [0.717, 1.165) is 0 Å². The molecule has 4 nitrogen and oxygen atoms in total. The predicted molar refractivity (Wildman–Crippen MR) is 32.3 cm³/mol. The average molecular weight is 128 g/mol. The highest BCUT2D eigenvalue weighted by Gasteiger charge is 2.19. The van der Waals surface area contributed by atoms with Gasteiger partial charge in [0.1, 0.15) is 6.04 Å². The standard InChI is InChI=1S/C5H8N2O2/c1-9-5(8)4-2-6-3-7-4/h3-4H,2H2,1H3,(H,6,7)/t4-/m0/s1. The fourth-order valence-electron chi connectivity index (χ4n) is 0.638. The lowest BCUT2D eigenvalue weighted by atomic mass is 10.3. The predicted octanol–water partition coefficient (Wildman–Crippen LogP) is -0.841. The molecule has 1 atom stereocenters. The molecule has 1 rings (SSSR count). The van der Waals surface area contributed by atoms with Crippen LogP contribution in [0.1, 0.15) is 0 Å². The monoisotopic (exact) mass is 128 g/mol. The van der Waals surface area contributed by atoms with Gasteiger partial charge in [-0.05, 0) is 0 Å². The van der Waals surface area contributed by atoms with E-state index in [2.05, 4.69) is 15.0 Å². The summed E-state index contributed by atoms with van der Waals surface area (Å²) in [7, 11) is 1.36. The minimum Gasteiger partial charge on any atom is -0.467 e. The Labute approximate surface area is 52.9 Å². The zero-order valence-electron chi connectivity index (χ0n) is 5.13. The molecule has 0 aliphatic carbocycles. The normalized spacial score (nSPS) is 23.4. The van der Waals surface area contributed by atoms with Crippen molar-refractivity contribution in [3.8, 4) is 0 Å². The van der Waals surface area contributed by atoms with Crippen molar-refractivity contribution in [3.05, 3.63) is 0 Å². The van der Waals surface area contributed by atoms with Gasteiger partial charge in [-0.25, -0.2) is 4.79 Å². The molecule has 1 aliphatic rings. The van der Waals surface area contributed by atoms with E-state index in [1.54, 1.807) is 0 Å². The summed E-state index contributed by atoms with van der Waals surface area (Å²) in [5.41, 5.74) is 0. The molecule has 0 aromatic carbocycles. The molecule has 0 aromatic heterocycles. The highest BCUT2D eigenvalue weighted by molar-refractivity contribution is 5.80. The molecule has 0 amide bonds. The number of carbonyl (C=O) groups is 1. The first-order chi connectivity index (χ1) is 4.34. The van der Waals surface area contributed by atoms with Crippen LogP contribution in [0.5, 0.6) is 0 Å². The van der Waals surface area contributed by atoms with Gasteiger partial charge in [-0.1, -0.05) is 0 Å². The highest BCUT2D eigenvalue weighted by atomic mass is 16.5. The van der Waals surface area contributed by atoms with E-state index in [1.165, 1.54) is 13.4 Å². The smallest absolute Gasteiger partial charge is 0.330 e. The largest absolute Gasteiger partial charge is 0.467 e. The number of rotatable bonds is 1. The van der Waals surface area contributed by atoms with Crippen LogP contribution in [0.2, 0.25) is 0 Å². The number of hydrogen-bond acceptors (Lipinski definition) is 4. The van der Waals surface area contributed by atoms with Crippen LogP contribution in [0, 0.1) is 0 Å². The van der Waals surface area contributed by atoms with Crippen molar-refractivity contribution in [1.29, 1.82) is 0 Å². The molecule has 0 fully saturated rings. The van der Waals surface area contributed by atoms with Crippen LogP contribution in [-0.2, 0) is 9.53 Å². The van der Waals surface area contributed by atoms with E-state index >= 15 is 0 Å². The maximum absolute atomic E-state index is 10.6. The number of nitrogens with one attached hydrogen (secondary N) is 1. The molecule has 4 heteroatoms. The van der Waals surface area contributed by atoms with Gasteiger partial charge < -0.3 is 10.1 Å². The molecule has 0 aromatic rings. The van der Waals surface area contributed by atoms with Crippen molar-refractivity contribution in [2.24, 2.45) is 4.99 Å². The first-order valence-corrected chi connectivity index (χ1v) is 2.67. The van der Waals surface area contributed by atoms with Crippen molar-refractivity contribution in [2.75, 3.05) is 13.7 Å². The van der Waals surface area contributed by atoms with Crippen molar-refractivity contribution in [2.45, 2.75) is 6.04 Å². The van der Waals surface area contributed by atoms with Gasteiger partial charge in [-0.15, -0.1) is 0 Å². The van der Waals surface area contributed by atoms with Gasteiger partial charge in [0.15, 0.2) is 0 Å². The van der Waals surface area contributed by atoms with E-state index in [4.69, 9.17) is 0 Å². The molecule has 0 radical (unpaired) electrons. The van der Waals surface area contributed by atoms with Crippen LogP contribution in [0.4, 0.5) is 0 Å². The molecule has 9 heavy (non-hydrogen) atoms. The third-order valence-electron chi connectivity index (χ3n) is 1.14. The zero-order valence-corrected chi connectivity index (χ0v) is 5.13. The van der Waals surface area contributed by atoms with Gasteiger partial charge >= 0.3 is 5.97 Å². The Morgan fingerprint density at radius 1 is 2.00 bits per heavy atom. The van der Waals surface area contributed by atoms with Crippen molar-refractivity contribution in [3.63, 3.8) is 0 Å². The third kappa shape index (κ3) is 1.19. The second-order valence-electron chi connectivity index (χ2n) is 1.74. The number of hydrogen-bond donors (Lipinski definition) is 1. The van der Waals surface area contributed by atoms with E-state index in [9.17, 15) is 4.79 Å². The summed E-state index contributed by atoms with van der Waals surface area (Å²) < 4.78 is 4.45. The molecule has 0 bridgehead atoms. The lowest BCUT2D eigenvalue weighted by molar-refractivity contribution is -0.142. The minimum atomic E-state index is -0.257. The maximum atomic E-state index is 10.6. The number of carbonyl (C=O) groups excluding carboxylic acids is 1. The Morgan fingerprint density at radius 3 is 3.22 bits per heavy atom. The SMILES string of the molecule is COC(=O)[C@@H]1CN=CN1. The number of nitrogens with zero attached hydrogens (tertiary/aromatic N) is 1. The molecule has 1 aliphatic heterocycles. The second kappa shape index (κ2) is 2.48. The van der Waals surface area contributed by atoms with Crippen molar-refractivity contribution >= 4 is 12.3 Å². The molecule has 0 saturated heterocycles. The van der Waals surface area contributed by atoms with Gasteiger partial charge in [-0.3, -0.25) is 4.99 Å². The summed E-state index contributed by atoms with van der Waals surface area (Å²) in [6.45, 7) is 0.493. The number of aliphatic imine (C=N–C) groups is 1. The number of ether oxygens (including phenoxy) is 1. The Kier molecular flexibility index (Phi) is 1.67. The molecule has 0 spiro atoms. The topological polar surface area (TPSA) is 50.7 Å². The van der Waals surface area contributed by atoms with Crippen molar-refractivity contribution < 1.29 is 9.53 Å². The van der Waals surface area contributed by atoms with Crippen LogP contribution >= 0.6 is 0 Å². The van der Waals surface area contributed by atoms with Crippen LogP contribution in [0.25, 0.3) is 0 Å². The molecular formula is C5H8N2O2. The van der Waals surface area contributed by atoms with E-state index in [1.807, 2.05) is 0 Å². The van der Waals surface area contributed by atoms with Gasteiger partial charge in [0.05, 0.1) is 20.0 Å². The van der Waals surface area contributed by atoms with E-state index < -0.39 is 0 Å². The lowest BCUT2D eigenvalue weighted by Gasteiger charge is -2.04. The third-order valence-corrected chi connectivity index (χ3v) is 1.14. The maximum Gasteiger partial charge on any atom is 0.330 e. The fourth-order valence-corrected chi connectivity index (χ4v) is 0.638. The van der Waals surface area contributed by atoms with Crippen molar-refractivity contribution in [1.82, 2.24) is 5.32 Å². The minimum absolute atomic E-state index is 0.255. The molecule has 1 N–H and O–H groups in total. The Hall–Kier alpha value is -1.06. The lowest BCUT2D eigenvalue weighted by Crippen LogP contribution is -2.34.